The molecule has 5 rings (SSSR count). The summed E-state index contributed by atoms with van der Waals surface area (Å²) >= 11 is 0. The van der Waals surface area contributed by atoms with Gasteiger partial charge in [-0.05, 0) is 56.4 Å². The average Bonchev–Trinajstić information content (AvgIpc) is 3.49. The Bertz CT molecular complexity index is 1650. The van der Waals surface area contributed by atoms with E-state index in [0.717, 1.165) is 66.2 Å². The van der Waals surface area contributed by atoms with Crippen LogP contribution in [-0.4, -0.2) is 38.0 Å². The molecule has 1 aliphatic carbocycles. The number of aromatic amines is 1. The Morgan fingerprint density at radius 2 is 1.88 bits per heavy atom. The first-order valence-electron chi connectivity index (χ1n) is 14.9. The van der Waals surface area contributed by atoms with E-state index in [4.69, 9.17) is 11.0 Å². The molecule has 0 unspecified atom stereocenters. The van der Waals surface area contributed by atoms with Crippen LogP contribution in [0.25, 0.3) is 28.2 Å². The quantitative estimate of drug-likeness (QED) is 0.156. The number of fused-ring (bicyclic) bond motifs is 1. The average molecular weight is 577 g/mol. The van der Waals surface area contributed by atoms with E-state index in [1.54, 1.807) is 24.4 Å². The minimum atomic E-state index is -0.333. The zero-order valence-corrected chi connectivity index (χ0v) is 24.1. The zero-order valence-electron chi connectivity index (χ0n) is 24.1. The molecule has 1 aromatic carbocycles. The van der Waals surface area contributed by atoms with Crippen molar-refractivity contribution < 1.29 is 9.59 Å². The lowest BCUT2D eigenvalue weighted by Crippen LogP contribution is -2.35. The van der Waals surface area contributed by atoms with Gasteiger partial charge in [-0.3, -0.25) is 14.7 Å². The van der Waals surface area contributed by atoms with Crippen molar-refractivity contribution in [2.75, 3.05) is 11.1 Å². The van der Waals surface area contributed by atoms with Crippen molar-refractivity contribution in [2.24, 2.45) is 0 Å². The molecule has 3 heterocycles. The first-order valence-corrected chi connectivity index (χ1v) is 14.9. The number of nitrogens with one attached hydrogen (secondary N) is 3. The molecular weight excluding hydrogens is 540 g/mol. The molecule has 0 aliphatic heterocycles. The van der Waals surface area contributed by atoms with Crippen molar-refractivity contribution in [1.82, 2.24) is 25.5 Å². The molecule has 2 amide bonds. The molecule has 10 heteroatoms. The SMILES string of the molecule is N#Cc1ccnc(NC(=O)c2ccc(-c3[nH]nc4c(/C=C/CCCCCC(=O)NC5CCCCC5)cnc(N)c34)cc2)c1. The Morgan fingerprint density at radius 3 is 2.67 bits per heavy atom. The van der Waals surface area contributed by atoms with Gasteiger partial charge in [0.25, 0.3) is 5.91 Å². The van der Waals surface area contributed by atoms with Crippen molar-refractivity contribution in [2.45, 2.75) is 70.3 Å². The van der Waals surface area contributed by atoms with Gasteiger partial charge in [-0.1, -0.05) is 50.0 Å². The minimum Gasteiger partial charge on any atom is -0.383 e. The fourth-order valence-electron chi connectivity index (χ4n) is 5.42. The van der Waals surface area contributed by atoms with Crippen LogP contribution in [0.1, 0.15) is 85.7 Å². The molecular formula is C33H36N8O2. The van der Waals surface area contributed by atoms with Gasteiger partial charge < -0.3 is 16.4 Å². The number of nitriles is 1. The molecule has 1 fully saturated rings. The van der Waals surface area contributed by atoms with Crippen molar-refractivity contribution in [1.29, 1.82) is 5.26 Å². The molecule has 220 valence electrons. The Hall–Kier alpha value is -5.04. The summed E-state index contributed by atoms with van der Waals surface area (Å²) in [6.45, 7) is 0. The number of nitrogens with zero attached hydrogens (tertiary/aromatic N) is 4. The largest absolute Gasteiger partial charge is 0.383 e. The van der Waals surface area contributed by atoms with Gasteiger partial charge in [0, 0.05) is 41.5 Å². The molecule has 0 bridgehead atoms. The lowest BCUT2D eigenvalue weighted by atomic mass is 9.95. The van der Waals surface area contributed by atoms with E-state index >= 15 is 0 Å². The number of nitrogens with two attached hydrogens (primary N) is 1. The zero-order chi connectivity index (χ0) is 30.0. The second-order valence-corrected chi connectivity index (χ2v) is 10.9. The molecule has 0 spiro atoms. The maximum absolute atomic E-state index is 12.7. The Morgan fingerprint density at radius 1 is 1.07 bits per heavy atom. The van der Waals surface area contributed by atoms with Crippen LogP contribution in [0.3, 0.4) is 0 Å². The Balaban J connectivity index is 1.16. The third-order valence-corrected chi connectivity index (χ3v) is 7.75. The highest BCUT2D eigenvalue weighted by Gasteiger charge is 2.16. The third kappa shape index (κ3) is 7.63. The first kappa shape index (κ1) is 29.5. The van der Waals surface area contributed by atoms with Gasteiger partial charge in [0.05, 0.1) is 22.7 Å². The number of carbonyl (C=O) groups excluding carboxylic acids is 2. The van der Waals surface area contributed by atoms with Gasteiger partial charge in [-0.15, -0.1) is 0 Å². The van der Waals surface area contributed by atoms with Crippen LogP contribution in [0.15, 0.2) is 54.9 Å². The monoisotopic (exact) mass is 576 g/mol. The number of benzene rings is 1. The van der Waals surface area contributed by atoms with Crippen LogP contribution in [0.2, 0.25) is 0 Å². The highest BCUT2D eigenvalue weighted by atomic mass is 16.2. The van der Waals surface area contributed by atoms with Crippen LogP contribution >= 0.6 is 0 Å². The number of aromatic nitrogens is 4. The van der Waals surface area contributed by atoms with E-state index in [0.29, 0.717) is 35.2 Å². The van der Waals surface area contributed by atoms with Crippen molar-refractivity contribution in [3.05, 3.63) is 71.6 Å². The summed E-state index contributed by atoms with van der Waals surface area (Å²) in [5.41, 5.74) is 10.2. The number of unbranched alkanes of at least 4 members (excludes halogenated alkanes) is 3. The number of amides is 2. The fourth-order valence-corrected chi connectivity index (χ4v) is 5.42. The maximum Gasteiger partial charge on any atom is 0.256 e. The third-order valence-electron chi connectivity index (χ3n) is 7.75. The number of anilines is 2. The Kier molecular flexibility index (Phi) is 9.74. The lowest BCUT2D eigenvalue weighted by molar-refractivity contribution is -0.122. The Labute approximate surface area is 250 Å². The number of carbonyl (C=O) groups is 2. The maximum atomic E-state index is 12.7. The summed E-state index contributed by atoms with van der Waals surface area (Å²) in [7, 11) is 0. The molecule has 5 N–H and O–H groups in total. The predicted molar refractivity (Wildman–Crippen MR) is 168 cm³/mol. The van der Waals surface area contributed by atoms with E-state index in [2.05, 4.69) is 36.9 Å². The molecule has 0 radical (unpaired) electrons. The highest BCUT2D eigenvalue weighted by Crippen LogP contribution is 2.32. The molecule has 4 aromatic rings. The molecule has 1 aliphatic rings. The van der Waals surface area contributed by atoms with Gasteiger partial charge in [0.2, 0.25) is 5.91 Å². The number of allylic oxidation sites excluding steroid dienone is 1. The fraction of sp³-hybridized carbons (Fsp3) is 0.333. The number of rotatable bonds is 11. The molecule has 10 nitrogen and oxygen atoms in total. The lowest BCUT2D eigenvalue weighted by Gasteiger charge is -2.22. The van der Waals surface area contributed by atoms with Crippen molar-refractivity contribution in [3.63, 3.8) is 0 Å². The van der Waals surface area contributed by atoms with Crippen LogP contribution < -0.4 is 16.4 Å². The van der Waals surface area contributed by atoms with Gasteiger partial charge in [0.15, 0.2) is 0 Å². The summed E-state index contributed by atoms with van der Waals surface area (Å²) in [6.07, 6.45) is 17.7. The summed E-state index contributed by atoms with van der Waals surface area (Å²) in [5, 5.41) is 23.3. The number of H-pyrrole nitrogens is 1. The summed E-state index contributed by atoms with van der Waals surface area (Å²) in [4.78, 5) is 33.4. The van der Waals surface area contributed by atoms with Crippen LogP contribution in [-0.2, 0) is 4.79 Å². The summed E-state index contributed by atoms with van der Waals surface area (Å²) < 4.78 is 0. The number of hydrogen-bond donors (Lipinski definition) is 4. The van der Waals surface area contributed by atoms with E-state index in [-0.39, 0.29) is 11.8 Å². The first-order chi connectivity index (χ1) is 21.0. The van der Waals surface area contributed by atoms with Crippen molar-refractivity contribution >= 4 is 40.4 Å². The second-order valence-electron chi connectivity index (χ2n) is 10.9. The van der Waals surface area contributed by atoms with Gasteiger partial charge >= 0.3 is 0 Å². The van der Waals surface area contributed by atoms with E-state index in [1.807, 2.05) is 24.3 Å². The molecule has 1 saturated carbocycles. The smallest absolute Gasteiger partial charge is 0.256 e. The molecule has 3 aromatic heterocycles. The van der Waals surface area contributed by atoms with Crippen LogP contribution in [0.4, 0.5) is 11.6 Å². The number of pyridine rings is 2. The summed E-state index contributed by atoms with van der Waals surface area (Å²) in [5.74, 6) is 0.529. The van der Waals surface area contributed by atoms with Crippen LogP contribution in [0, 0.1) is 11.3 Å². The molecule has 0 atom stereocenters. The second kappa shape index (κ2) is 14.2. The topological polar surface area (TPSA) is 162 Å². The van der Waals surface area contributed by atoms with Gasteiger partial charge in [0.1, 0.15) is 17.2 Å². The van der Waals surface area contributed by atoms with Gasteiger partial charge in [-0.25, -0.2) is 9.97 Å². The normalized spacial score (nSPS) is 13.7. The standard InChI is InChI=1S/C33H36N8O2/c34-20-22-17-18-36-27(19-22)39-33(43)24-15-13-23(14-16-24)30-29-31(41-40-30)25(21-37-32(29)35)9-5-2-1-3-8-12-28(42)38-26-10-6-4-7-11-26/h5,9,13-19,21,26H,1-4,6-8,10-12H2,(H2,35,37)(H,38,42)(H,40,41)(H,36,39,43)/b9-5+. The van der Waals surface area contributed by atoms with Gasteiger partial charge in [-0.2, -0.15) is 10.4 Å². The number of hydrogen-bond acceptors (Lipinski definition) is 7. The predicted octanol–water partition coefficient (Wildman–Crippen LogP) is 6.14. The van der Waals surface area contributed by atoms with E-state index in [9.17, 15) is 9.59 Å². The van der Waals surface area contributed by atoms with Crippen LogP contribution in [0.5, 0.6) is 0 Å². The molecule has 0 saturated heterocycles. The van der Waals surface area contributed by atoms with E-state index < -0.39 is 0 Å². The molecule has 43 heavy (non-hydrogen) atoms. The highest BCUT2D eigenvalue weighted by molar-refractivity contribution is 6.05. The van der Waals surface area contributed by atoms with E-state index in [1.165, 1.54) is 31.5 Å². The van der Waals surface area contributed by atoms with Crippen molar-refractivity contribution in [3.8, 4) is 17.3 Å². The minimum absolute atomic E-state index is 0.185. The summed E-state index contributed by atoms with van der Waals surface area (Å²) in [6, 6.07) is 12.5. The number of nitrogen functional groups attached to an aromatic ring is 1.